The quantitative estimate of drug-likeness (QED) is 0.722. The van der Waals surface area contributed by atoms with Crippen LogP contribution in [0.25, 0.3) is 11.1 Å². The summed E-state index contributed by atoms with van der Waals surface area (Å²) in [5.41, 5.74) is 3.43. The van der Waals surface area contributed by atoms with E-state index in [0.29, 0.717) is 0 Å². The van der Waals surface area contributed by atoms with Crippen molar-refractivity contribution in [2.75, 3.05) is 0 Å². The lowest BCUT2D eigenvalue weighted by molar-refractivity contribution is 0.660. The highest BCUT2D eigenvalue weighted by Gasteiger charge is 2.00. The van der Waals surface area contributed by atoms with Crippen LogP contribution in [0.5, 0.6) is 0 Å². The van der Waals surface area contributed by atoms with Crippen molar-refractivity contribution in [1.82, 2.24) is 14.8 Å². The molecular weight excluding hydrogens is 174 g/mol. The standard InChI is InChI=1S/C11H13N3/c1-3-14-8-11(7-13-14)10-4-9(2)5-12-6-10/h4-8H,3H2,1-2H3. The predicted octanol–water partition coefficient (Wildman–Crippen LogP) is 2.27. The van der Waals surface area contributed by atoms with Crippen molar-refractivity contribution in [3.05, 3.63) is 36.4 Å². The zero-order valence-electron chi connectivity index (χ0n) is 8.44. The van der Waals surface area contributed by atoms with Crippen molar-refractivity contribution in [2.24, 2.45) is 0 Å². The van der Waals surface area contributed by atoms with Gasteiger partial charge >= 0.3 is 0 Å². The number of pyridine rings is 1. The smallest absolute Gasteiger partial charge is 0.0568 e. The molecule has 0 spiro atoms. The summed E-state index contributed by atoms with van der Waals surface area (Å²) in [6, 6.07) is 2.12. The van der Waals surface area contributed by atoms with Crippen molar-refractivity contribution >= 4 is 0 Å². The maximum Gasteiger partial charge on any atom is 0.0568 e. The molecule has 0 atom stereocenters. The van der Waals surface area contributed by atoms with E-state index in [9.17, 15) is 0 Å². The molecule has 0 aliphatic heterocycles. The van der Waals surface area contributed by atoms with Gasteiger partial charge in [0.1, 0.15) is 0 Å². The second-order valence-electron chi connectivity index (χ2n) is 3.34. The highest BCUT2D eigenvalue weighted by molar-refractivity contribution is 5.61. The number of nitrogens with zero attached hydrogens (tertiary/aromatic N) is 3. The summed E-state index contributed by atoms with van der Waals surface area (Å²) in [7, 11) is 0. The van der Waals surface area contributed by atoms with Crippen LogP contribution in [0.2, 0.25) is 0 Å². The van der Waals surface area contributed by atoms with E-state index < -0.39 is 0 Å². The van der Waals surface area contributed by atoms with E-state index in [1.807, 2.05) is 36.4 Å². The van der Waals surface area contributed by atoms with Crippen molar-refractivity contribution in [3.8, 4) is 11.1 Å². The molecule has 0 aliphatic rings. The minimum atomic E-state index is 0.902. The molecule has 2 heterocycles. The van der Waals surface area contributed by atoms with Crippen LogP contribution < -0.4 is 0 Å². The fourth-order valence-electron chi connectivity index (χ4n) is 1.40. The monoisotopic (exact) mass is 187 g/mol. The fourth-order valence-corrected chi connectivity index (χ4v) is 1.40. The third-order valence-electron chi connectivity index (χ3n) is 2.17. The van der Waals surface area contributed by atoms with E-state index in [0.717, 1.165) is 17.7 Å². The SMILES string of the molecule is CCn1cc(-c2cncc(C)c2)cn1. The Morgan fingerprint density at radius 2 is 2.07 bits per heavy atom. The molecule has 3 heteroatoms. The molecule has 0 aliphatic carbocycles. The van der Waals surface area contributed by atoms with Gasteiger partial charge in [-0.1, -0.05) is 0 Å². The number of rotatable bonds is 2. The van der Waals surface area contributed by atoms with Crippen LogP contribution in [0.4, 0.5) is 0 Å². The first kappa shape index (κ1) is 8.94. The van der Waals surface area contributed by atoms with Crippen molar-refractivity contribution < 1.29 is 0 Å². The molecule has 2 rings (SSSR count). The minimum absolute atomic E-state index is 0.902. The average Bonchev–Trinajstić information content (AvgIpc) is 2.66. The van der Waals surface area contributed by atoms with Crippen LogP contribution in [-0.4, -0.2) is 14.8 Å². The molecule has 0 amide bonds. The lowest BCUT2D eigenvalue weighted by Gasteiger charge is -1.97. The Balaban J connectivity index is 2.39. The molecule has 2 aromatic rings. The maximum atomic E-state index is 4.23. The second-order valence-corrected chi connectivity index (χ2v) is 3.34. The Kier molecular flexibility index (Phi) is 2.31. The third kappa shape index (κ3) is 1.66. The number of aryl methyl sites for hydroxylation is 2. The van der Waals surface area contributed by atoms with Crippen LogP contribution in [0, 0.1) is 6.92 Å². The molecule has 0 radical (unpaired) electrons. The number of hydrogen-bond acceptors (Lipinski definition) is 2. The summed E-state index contributed by atoms with van der Waals surface area (Å²) < 4.78 is 1.91. The lowest BCUT2D eigenvalue weighted by Crippen LogP contribution is -1.92. The van der Waals surface area contributed by atoms with Gasteiger partial charge in [-0.2, -0.15) is 5.10 Å². The van der Waals surface area contributed by atoms with Crippen molar-refractivity contribution in [2.45, 2.75) is 20.4 Å². The molecule has 0 fully saturated rings. The van der Waals surface area contributed by atoms with Gasteiger partial charge in [-0.25, -0.2) is 0 Å². The lowest BCUT2D eigenvalue weighted by atomic mass is 10.1. The van der Waals surface area contributed by atoms with Gasteiger partial charge in [-0.3, -0.25) is 9.67 Å². The molecule has 0 unspecified atom stereocenters. The van der Waals surface area contributed by atoms with E-state index >= 15 is 0 Å². The van der Waals surface area contributed by atoms with Crippen LogP contribution in [0.1, 0.15) is 12.5 Å². The van der Waals surface area contributed by atoms with Crippen LogP contribution in [0.15, 0.2) is 30.9 Å². The molecule has 0 saturated heterocycles. The number of aromatic nitrogens is 3. The Morgan fingerprint density at radius 1 is 1.21 bits per heavy atom. The molecule has 2 aromatic heterocycles. The number of hydrogen-bond donors (Lipinski definition) is 0. The molecular formula is C11H13N3. The van der Waals surface area contributed by atoms with Crippen molar-refractivity contribution in [1.29, 1.82) is 0 Å². The van der Waals surface area contributed by atoms with Crippen LogP contribution in [0.3, 0.4) is 0 Å². The minimum Gasteiger partial charge on any atom is -0.272 e. The Hall–Kier alpha value is -1.64. The maximum absolute atomic E-state index is 4.23. The van der Waals surface area contributed by atoms with Gasteiger partial charge in [0.15, 0.2) is 0 Å². The normalized spacial score (nSPS) is 10.4. The van der Waals surface area contributed by atoms with Gasteiger partial charge in [0.2, 0.25) is 0 Å². The van der Waals surface area contributed by atoms with Gasteiger partial charge in [0.25, 0.3) is 0 Å². The Morgan fingerprint density at radius 3 is 2.71 bits per heavy atom. The van der Waals surface area contributed by atoms with E-state index in [2.05, 4.69) is 23.1 Å². The summed E-state index contributed by atoms with van der Waals surface area (Å²) in [6.07, 6.45) is 7.63. The highest BCUT2D eigenvalue weighted by Crippen LogP contribution is 2.17. The zero-order chi connectivity index (χ0) is 9.97. The van der Waals surface area contributed by atoms with Gasteiger partial charge in [0.05, 0.1) is 6.20 Å². The molecule has 0 N–H and O–H groups in total. The summed E-state index contributed by atoms with van der Waals surface area (Å²) in [5, 5.41) is 4.23. The largest absolute Gasteiger partial charge is 0.272 e. The summed E-state index contributed by atoms with van der Waals surface area (Å²) in [4.78, 5) is 4.16. The van der Waals surface area contributed by atoms with Crippen LogP contribution >= 0.6 is 0 Å². The molecule has 0 aromatic carbocycles. The van der Waals surface area contributed by atoms with Gasteiger partial charge in [0, 0.05) is 36.3 Å². The Bertz CT molecular complexity index is 432. The van der Waals surface area contributed by atoms with Gasteiger partial charge < -0.3 is 0 Å². The first-order chi connectivity index (χ1) is 6.79. The highest BCUT2D eigenvalue weighted by atomic mass is 15.3. The topological polar surface area (TPSA) is 30.7 Å². The summed E-state index contributed by atoms with van der Waals surface area (Å²) in [6.45, 7) is 5.02. The van der Waals surface area contributed by atoms with E-state index in [1.165, 1.54) is 5.56 Å². The average molecular weight is 187 g/mol. The first-order valence-electron chi connectivity index (χ1n) is 4.74. The van der Waals surface area contributed by atoms with E-state index in [-0.39, 0.29) is 0 Å². The second kappa shape index (κ2) is 3.62. The Labute approximate surface area is 83.4 Å². The molecule has 0 bridgehead atoms. The van der Waals surface area contributed by atoms with E-state index in [4.69, 9.17) is 0 Å². The third-order valence-corrected chi connectivity index (χ3v) is 2.17. The zero-order valence-corrected chi connectivity index (χ0v) is 8.44. The molecule has 72 valence electrons. The first-order valence-corrected chi connectivity index (χ1v) is 4.74. The fraction of sp³-hybridized carbons (Fsp3) is 0.273. The predicted molar refractivity (Wildman–Crippen MR) is 55.9 cm³/mol. The molecule has 0 saturated carbocycles. The molecule has 3 nitrogen and oxygen atoms in total. The summed E-state index contributed by atoms with van der Waals surface area (Å²) >= 11 is 0. The van der Waals surface area contributed by atoms with Gasteiger partial charge in [-0.15, -0.1) is 0 Å². The van der Waals surface area contributed by atoms with Crippen LogP contribution in [-0.2, 0) is 6.54 Å². The van der Waals surface area contributed by atoms with Crippen molar-refractivity contribution in [3.63, 3.8) is 0 Å². The van der Waals surface area contributed by atoms with Gasteiger partial charge in [-0.05, 0) is 25.5 Å². The molecule has 14 heavy (non-hydrogen) atoms. The summed E-state index contributed by atoms with van der Waals surface area (Å²) in [5.74, 6) is 0. The van der Waals surface area contributed by atoms with E-state index in [1.54, 1.807) is 0 Å².